The Labute approximate surface area is 211 Å². The highest BCUT2D eigenvalue weighted by molar-refractivity contribution is 9.10. The zero-order valence-electron chi connectivity index (χ0n) is 19.8. The van der Waals surface area contributed by atoms with Crippen LogP contribution in [0.5, 0.6) is 5.75 Å². The van der Waals surface area contributed by atoms with Crippen LogP contribution in [0.3, 0.4) is 0 Å². The Morgan fingerprint density at radius 1 is 1.17 bits per heavy atom. The molecule has 3 rings (SSSR count). The van der Waals surface area contributed by atoms with Crippen molar-refractivity contribution in [2.75, 3.05) is 51.6 Å². The Hall–Kier alpha value is -3.00. The molecule has 1 amide bonds. The molecule has 0 spiro atoms. The van der Waals surface area contributed by atoms with Crippen molar-refractivity contribution >= 4 is 44.5 Å². The Balaban J connectivity index is 1.84. The third-order valence-electron chi connectivity index (χ3n) is 5.30. The Morgan fingerprint density at radius 3 is 2.60 bits per heavy atom. The predicted octanol–water partition coefficient (Wildman–Crippen LogP) is 0.630. The molecule has 190 valence electrons. The van der Waals surface area contributed by atoms with Crippen molar-refractivity contribution in [3.05, 3.63) is 34.3 Å². The lowest BCUT2D eigenvalue weighted by atomic mass is 10.3. The lowest BCUT2D eigenvalue weighted by molar-refractivity contribution is -0.681. The molecular formula is C22H31BrN7O5+. The second kappa shape index (κ2) is 12.6. The third-order valence-corrected chi connectivity index (χ3v) is 5.88. The van der Waals surface area contributed by atoms with E-state index >= 15 is 0 Å². The van der Waals surface area contributed by atoms with Gasteiger partial charge in [-0.2, -0.15) is 0 Å². The van der Waals surface area contributed by atoms with Crippen LogP contribution in [-0.2, 0) is 29.1 Å². The average molecular weight is 553 g/mol. The van der Waals surface area contributed by atoms with Crippen molar-refractivity contribution in [2.45, 2.75) is 26.6 Å². The quantitative estimate of drug-likeness (QED) is 0.176. The summed E-state index contributed by atoms with van der Waals surface area (Å²) in [6, 6.07) is 5.84. The van der Waals surface area contributed by atoms with Gasteiger partial charge in [0.25, 0.3) is 11.7 Å². The Morgan fingerprint density at radius 2 is 1.91 bits per heavy atom. The number of aliphatic hydroxyl groups excluding tert-OH is 1. The van der Waals surface area contributed by atoms with Crippen LogP contribution in [0, 0.1) is 0 Å². The molecule has 0 unspecified atom stereocenters. The van der Waals surface area contributed by atoms with E-state index in [1.807, 2.05) is 25.1 Å². The largest absolute Gasteiger partial charge is 0.497 e. The molecule has 2 heterocycles. The summed E-state index contributed by atoms with van der Waals surface area (Å²) in [5, 5.41) is 11.7. The number of aliphatic hydroxyl groups is 1. The summed E-state index contributed by atoms with van der Waals surface area (Å²) in [6.07, 6.45) is 0. The van der Waals surface area contributed by atoms with Crippen molar-refractivity contribution in [3.63, 3.8) is 0 Å². The number of fused-ring (bicyclic) bond motifs is 1. The molecule has 0 saturated heterocycles. The first-order valence-electron chi connectivity index (χ1n) is 11.1. The molecule has 0 atom stereocenters. The minimum atomic E-state index is -0.468. The molecule has 3 aromatic rings. The zero-order chi connectivity index (χ0) is 25.4. The van der Waals surface area contributed by atoms with Gasteiger partial charge >= 0.3 is 0 Å². The molecule has 1 aromatic carbocycles. The number of halogens is 1. The summed E-state index contributed by atoms with van der Waals surface area (Å²) < 4.78 is 20.8. The van der Waals surface area contributed by atoms with E-state index in [0.717, 1.165) is 22.6 Å². The number of nitrogens with one attached hydrogen (secondary N) is 1. The number of carbonyl (C=O) groups is 1. The SMILES string of the molecule is CCn1c(CNC(=O)c2nc(Br)c(N)nc2N)[n+](CCOCCOCCO)c2ccc(OC)cc21. The van der Waals surface area contributed by atoms with Crippen molar-refractivity contribution in [2.24, 2.45) is 0 Å². The number of aryl methyl sites for hydroxylation is 1. The number of methoxy groups -OCH3 is 1. The van der Waals surface area contributed by atoms with E-state index < -0.39 is 5.91 Å². The number of hydrogen-bond donors (Lipinski definition) is 4. The number of anilines is 2. The molecule has 0 radical (unpaired) electrons. The highest BCUT2D eigenvalue weighted by atomic mass is 79.9. The summed E-state index contributed by atoms with van der Waals surface area (Å²) >= 11 is 3.18. The maximum Gasteiger partial charge on any atom is 0.277 e. The normalized spacial score (nSPS) is 11.2. The minimum Gasteiger partial charge on any atom is -0.497 e. The Kier molecular flexibility index (Phi) is 9.60. The van der Waals surface area contributed by atoms with Gasteiger partial charge in [-0.3, -0.25) is 4.79 Å². The average Bonchev–Trinajstić information content (AvgIpc) is 3.15. The molecule has 2 aromatic heterocycles. The fourth-order valence-electron chi connectivity index (χ4n) is 3.69. The van der Waals surface area contributed by atoms with E-state index in [4.69, 9.17) is 30.8 Å². The summed E-state index contributed by atoms with van der Waals surface area (Å²) in [6.45, 7) is 4.99. The van der Waals surface area contributed by atoms with Crippen LogP contribution >= 0.6 is 15.9 Å². The van der Waals surface area contributed by atoms with E-state index in [2.05, 4.69) is 40.3 Å². The van der Waals surface area contributed by atoms with Crippen molar-refractivity contribution in [1.29, 1.82) is 0 Å². The predicted molar refractivity (Wildman–Crippen MR) is 133 cm³/mol. The van der Waals surface area contributed by atoms with E-state index in [1.165, 1.54) is 0 Å². The van der Waals surface area contributed by atoms with Gasteiger partial charge in [-0.05, 0) is 35.0 Å². The lowest BCUT2D eigenvalue weighted by Gasteiger charge is -2.09. The maximum absolute atomic E-state index is 12.9. The van der Waals surface area contributed by atoms with Gasteiger partial charge in [-0.15, -0.1) is 0 Å². The number of nitrogens with zero attached hydrogens (tertiary/aromatic N) is 4. The summed E-state index contributed by atoms with van der Waals surface area (Å²) in [5.74, 6) is 1.20. The molecule has 0 bridgehead atoms. The highest BCUT2D eigenvalue weighted by Gasteiger charge is 2.26. The van der Waals surface area contributed by atoms with Gasteiger partial charge in [0.1, 0.15) is 23.4 Å². The molecule has 0 aliphatic rings. The van der Waals surface area contributed by atoms with E-state index in [9.17, 15) is 4.79 Å². The van der Waals surface area contributed by atoms with Crippen LogP contribution in [0.4, 0.5) is 11.6 Å². The van der Waals surface area contributed by atoms with Gasteiger partial charge in [0.2, 0.25) is 0 Å². The topological polar surface area (TPSA) is 164 Å². The van der Waals surface area contributed by atoms with Crippen LogP contribution in [0.1, 0.15) is 23.2 Å². The lowest BCUT2D eigenvalue weighted by Crippen LogP contribution is -2.43. The second-order valence-corrected chi connectivity index (χ2v) is 8.18. The molecule has 13 heteroatoms. The van der Waals surface area contributed by atoms with Crippen LogP contribution < -0.4 is 26.1 Å². The minimum absolute atomic E-state index is 0.00957. The molecule has 6 N–H and O–H groups in total. The summed E-state index contributed by atoms with van der Waals surface area (Å²) in [5.41, 5.74) is 13.5. The molecule has 0 aliphatic heterocycles. The van der Waals surface area contributed by atoms with Gasteiger partial charge in [0.15, 0.2) is 28.4 Å². The smallest absolute Gasteiger partial charge is 0.277 e. The number of hydrogen-bond acceptors (Lipinski definition) is 9. The number of rotatable bonds is 13. The molecule has 0 fully saturated rings. The van der Waals surface area contributed by atoms with Crippen molar-refractivity contribution < 1.29 is 28.7 Å². The first kappa shape index (κ1) is 26.6. The number of imidazole rings is 1. The number of ether oxygens (including phenoxy) is 3. The number of carbonyl (C=O) groups excluding carboxylic acids is 1. The number of aromatic nitrogens is 4. The zero-order valence-corrected chi connectivity index (χ0v) is 21.4. The summed E-state index contributed by atoms with van der Waals surface area (Å²) in [7, 11) is 1.62. The van der Waals surface area contributed by atoms with Crippen molar-refractivity contribution in [1.82, 2.24) is 19.9 Å². The molecule has 35 heavy (non-hydrogen) atoms. The monoisotopic (exact) mass is 552 g/mol. The number of nitrogens with two attached hydrogens (primary N) is 2. The van der Waals surface area contributed by atoms with Crippen LogP contribution in [0.25, 0.3) is 11.0 Å². The van der Waals surface area contributed by atoms with E-state index in [1.54, 1.807) is 7.11 Å². The fourth-order valence-corrected chi connectivity index (χ4v) is 3.95. The van der Waals surface area contributed by atoms with Gasteiger partial charge in [0, 0.05) is 6.07 Å². The number of amides is 1. The first-order chi connectivity index (χ1) is 16.9. The molecule has 0 aliphatic carbocycles. The molecule has 0 saturated carbocycles. The molecule has 12 nitrogen and oxygen atoms in total. The van der Waals surface area contributed by atoms with Gasteiger partial charge < -0.3 is 36.1 Å². The van der Waals surface area contributed by atoms with Crippen molar-refractivity contribution in [3.8, 4) is 5.75 Å². The maximum atomic E-state index is 12.9. The number of benzene rings is 1. The van der Waals surface area contributed by atoms with E-state index in [-0.39, 0.29) is 41.7 Å². The fraction of sp³-hybridized carbons (Fsp3) is 0.455. The van der Waals surface area contributed by atoms with Crippen LogP contribution in [-0.4, -0.2) is 65.7 Å². The first-order valence-corrected chi connectivity index (χ1v) is 11.9. The number of nitrogen functional groups attached to an aromatic ring is 2. The van der Waals surface area contributed by atoms with Gasteiger partial charge in [0.05, 0.1) is 46.7 Å². The van der Waals surface area contributed by atoms with Gasteiger partial charge in [-0.25, -0.2) is 19.1 Å². The molecular weight excluding hydrogens is 522 g/mol. The van der Waals surface area contributed by atoms with Crippen LogP contribution in [0.2, 0.25) is 0 Å². The second-order valence-electron chi connectivity index (χ2n) is 7.43. The van der Waals surface area contributed by atoms with Crippen LogP contribution in [0.15, 0.2) is 22.8 Å². The van der Waals surface area contributed by atoms with E-state index in [0.29, 0.717) is 32.9 Å². The standard InChI is InChI=1S/C22H30BrN7O5/c1-3-29-16-12-14(33-2)4-5-15(16)30(6-8-34-10-11-35-9-7-31)17(29)13-26-22(32)18-20(24)28-21(25)19(23)27-18/h4-5,12,31H,3,6-11,13H2,1-2H3,(H4-,24,25,26,28,32)/p+1. The third kappa shape index (κ3) is 6.36. The Bertz CT molecular complexity index is 1170. The van der Waals surface area contributed by atoms with Gasteiger partial charge in [-0.1, -0.05) is 0 Å². The highest BCUT2D eigenvalue weighted by Crippen LogP contribution is 2.22. The summed E-state index contributed by atoms with van der Waals surface area (Å²) in [4.78, 5) is 20.9.